The monoisotopic (exact) mass is 457 g/mol. The number of ether oxygens (including phenoxy) is 1. The summed E-state index contributed by atoms with van der Waals surface area (Å²) < 4.78 is 19.3. The highest BCUT2D eigenvalue weighted by Gasteiger charge is 2.17. The molecular formula is C22H17ClFN3O5. The number of nitrogens with zero attached hydrogens (tertiary/aromatic N) is 1. The maximum absolute atomic E-state index is 14.1. The number of carbonyl (C=O) groups is 2. The topological polar surface area (TPSA) is 111 Å². The molecule has 0 fully saturated rings. The summed E-state index contributed by atoms with van der Waals surface area (Å²) >= 11 is 5.72. The van der Waals surface area contributed by atoms with Crippen molar-refractivity contribution in [2.24, 2.45) is 0 Å². The van der Waals surface area contributed by atoms with Gasteiger partial charge in [0.15, 0.2) is 0 Å². The van der Waals surface area contributed by atoms with Crippen LogP contribution in [0.1, 0.15) is 26.3 Å². The molecule has 0 aliphatic heterocycles. The van der Waals surface area contributed by atoms with Crippen molar-refractivity contribution in [3.63, 3.8) is 0 Å². The summed E-state index contributed by atoms with van der Waals surface area (Å²) in [5.74, 6) is -1.73. The number of aryl methyl sites for hydroxylation is 1. The van der Waals surface area contributed by atoms with Gasteiger partial charge < -0.3 is 15.4 Å². The van der Waals surface area contributed by atoms with Gasteiger partial charge in [-0.2, -0.15) is 0 Å². The van der Waals surface area contributed by atoms with E-state index in [1.807, 2.05) is 0 Å². The summed E-state index contributed by atoms with van der Waals surface area (Å²) in [6.07, 6.45) is 0. The van der Waals surface area contributed by atoms with Crippen LogP contribution in [0.2, 0.25) is 5.02 Å². The fourth-order valence-electron chi connectivity index (χ4n) is 2.95. The van der Waals surface area contributed by atoms with E-state index in [4.69, 9.17) is 16.3 Å². The maximum Gasteiger partial charge on any atom is 0.272 e. The first-order chi connectivity index (χ1) is 15.2. The molecule has 8 nitrogen and oxygen atoms in total. The summed E-state index contributed by atoms with van der Waals surface area (Å²) in [7, 11) is 1.39. The van der Waals surface area contributed by atoms with Gasteiger partial charge in [-0.1, -0.05) is 11.6 Å². The van der Waals surface area contributed by atoms with Gasteiger partial charge in [0.25, 0.3) is 17.5 Å². The van der Waals surface area contributed by atoms with E-state index < -0.39 is 22.6 Å². The van der Waals surface area contributed by atoms with E-state index in [0.29, 0.717) is 11.3 Å². The van der Waals surface area contributed by atoms with E-state index in [1.54, 1.807) is 6.07 Å². The van der Waals surface area contributed by atoms with Crippen LogP contribution in [0.15, 0.2) is 54.6 Å². The molecule has 3 aromatic carbocycles. The summed E-state index contributed by atoms with van der Waals surface area (Å²) in [4.78, 5) is 35.5. The molecule has 32 heavy (non-hydrogen) atoms. The predicted octanol–water partition coefficient (Wildman–Crippen LogP) is 5.21. The second-order valence-electron chi connectivity index (χ2n) is 6.71. The standard InChI is InChI=1S/C22H17ClFN3O5/c1-12-9-13(3-7-19(12)27(30)31)21(28)25-15-5-8-20(32-2)18(11-15)26-22(29)16-6-4-14(23)10-17(16)24/h3-11H,1-2H3,(H,25,28)(H,26,29). The number of rotatable bonds is 6. The van der Waals surface area contributed by atoms with Crippen molar-refractivity contribution in [3.05, 3.63) is 92.2 Å². The largest absolute Gasteiger partial charge is 0.495 e. The maximum atomic E-state index is 14.1. The summed E-state index contributed by atoms with van der Waals surface area (Å²) in [5, 5.41) is 16.3. The lowest BCUT2D eigenvalue weighted by atomic mass is 10.1. The lowest BCUT2D eigenvalue weighted by Gasteiger charge is -2.13. The lowest BCUT2D eigenvalue weighted by molar-refractivity contribution is -0.385. The van der Waals surface area contributed by atoms with E-state index in [9.17, 15) is 24.1 Å². The van der Waals surface area contributed by atoms with Crippen LogP contribution in [0.4, 0.5) is 21.5 Å². The Morgan fingerprint density at radius 2 is 1.78 bits per heavy atom. The Morgan fingerprint density at radius 1 is 1.03 bits per heavy atom. The van der Waals surface area contributed by atoms with Gasteiger partial charge in [0.2, 0.25) is 0 Å². The Hall–Kier alpha value is -3.98. The molecule has 0 radical (unpaired) electrons. The molecule has 0 heterocycles. The van der Waals surface area contributed by atoms with E-state index in [2.05, 4.69) is 10.6 Å². The van der Waals surface area contributed by atoms with Gasteiger partial charge in [0, 0.05) is 27.9 Å². The normalized spacial score (nSPS) is 10.4. The molecule has 10 heteroatoms. The van der Waals surface area contributed by atoms with E-state index in [-0.39, 0.29) is 33.3 Å². The number of methoxy groups -OCH3 is 1. The summed E-state index contributed by atoms with van der Waals surface area (Å²) in [6.45, 7) is 1.53. The molecule has 0 atom stereocenters. The third-order valence-electron chi connectivity index (χ3n) is 4.54. The Balaban J connectivity index is 1.83. The van der Waals surface area contributed by atoms with Crippen LogP contribution in [0.25, 0.3) is 0 Å². The molecule has 0 spiro atoms. The van der Waals surface area contributed by atoms with Gasteiger partial charge in [-0.05, 0) is 55.5 Å². The minimum atomic E-state index is -0.785. The van der Waals surface area contributed by atoms with Gasteiger partial charge in [-0.25, -0.2) is 4.39 Å². The summed E-state index contributed by atoms with van der Waals surface area (Å²) in [5.41, 5.74) is 0.772. The number of anilines is 2. The molecule has 164 valence electrons. The second-order valence-corrected chi connectivity index (χ2v) is 7.14. The van der Waals surface area contributed by atoms with Crippen molar-refractivity contribution in [1.29, 1.82) is 0 Å². The van der Waals surface area contributed by atoms with Crippen molar-refractivity contribution in [2.75, 3.05) is 17.7 Å². The van der Waals surface area contributed by atoms with Crippen molar-refractivity contribution in [2.45, 2.75) is 6.92 Å². The molecule has 0 saturated carbocycles. The van der Waals surface area contributed by atoms with Crippen LogP contribution in [0.3, 0.4) is 0 Å². The molecule has 3 rings (SSSR count). The highest BCUT2D eigenvalue weighted by Crippen LogP contribution is 2.29. The minimum Gasteiger partial charge on any atom is -0.495 e. The van der Waals surface area contributed by atoms with Crippen molar-refractivity contribution >= 4 is 40.5 Å². The van der Waals surface area contributed by atoms with Gasteiger partial charge in [0.05, 0.1) is 23.3 Å². The quantitative estimate of drug-likeness (QED) is 0.390. The zero-order valence-electron chi connectivity index (χ0n) is 16.9. The first-order valence-electron chi connectivity index (χ1n) is 9.20. The molecule has 0 bridgehead atoms. The average molecular weight is 458 g/mol. The van der Waals surface area contributed by atoms with Crippen LogP contribution in [0, 0.1) is 22.9 Å². The third kappa shape index (κ3) is 5.01. The number of nitro benzene ring substituents is 1. The van der Waals surface area contributed by atoms with Gasteiger partial charge in [-0.15, -0.1) is 0 Å². The molecule has 0 aliphatic carbocycles. The number of nitrogens with one attached hydrogen (secondary N) is 2. The predicted molar refractivity (Wildman–Crippen MR) is 118 cm³/mol. The highest BCUT2D eigenvalue weighted by atomic mass is 35.5. The highest BCUT2D eigenvalue weighted by molar-refractivity contribution is 6.30. The second kappa shape index (κ2) is 9.44. The number of hydrogen-bond donors (Lipinski definition) is 2. The summed E-state index contributed by atoms with van der Waals surface area (Å²) in [6, 6.07) is 12.2. The van der Waals surface area contributed by atoms with Crippen molar-refractivity contribution < 1.29 is 23.6 Å². The Labute approximate surface area is 187 Å². The molecular weight excluding hydrogens is 441 g/mol. The van der Waals surface area contributed by atoms with Crippen molar-refractivity contribution in [3.8, 4) is 5.75 Å². The Bertz CT molecular complexity index is 1230. The van der Waals surface area contributed by atoms with Gasteiger partial charge >= 0.3 is 0 Å². The van der Waals surface area contributed by atoms with E-state index >= 15 is 0 Å². The lowest BCUT2D eigenvalue weighted by Crippen LogP contribution is -2.16. The Morgan fingerprint density at radius 3 is 2.41 bits per heavy atom. The number of nitro groups is 1. The van der Waals surface area contributed by atoms with Gasteiger partial charge in [0.1, 0.15) is 11.6 Å². The van der Waals surface area contributed by atoms with Crippen LogP contribution in [0.5, 0.6) is 5.75 Å². The van der Waals surface area contributed by atoms with Gasteiger partial charge in [-0.3, -0.25) is 19.7 Å². The zero-order chi connectivity index (χ0) is 23.4. The molecule has 2 N–H and O–H groups in total. The molecule has 0 aliphatic rings. The van der Waals surface area contributed by atoms with E-state index in [1.165, 1.54) is 56.5 Å². The molecule has 0 unspecified atom stereocenters. The number of hydrogen-bond acceptors (Lipinski definition) is 5. The van der Waals surface area contributed by atoms with E-state index in [0.717, 1.165) is 6.07 Å². The van der Waals surface area contributed by atoms with Crippen molar-refractivity contribution in [1.82, 2.24) is 0 Å². The fourth-order valence-corrected chi connectivity index (χ4v) is 3.11. The molecule has 0 aromatic heterocycles. The smallest absolute Gasteiger partial charge is 0.272 e. The SMILES string of the molecule is COc1ccc(NC(=O)c2ccc([N+](=O)[O-])c(C)c2)cc1NC(=O)c1ccc(Cl)cc1F. The first kappa shape index (κ1) is 22.7. The number of benzene rings is 3. The average Bonchev–Trinajstić information content (AvgIpc) is 2.73. The number of carbonyl (C=O) groups excluding carboxylic acids is 2. The molecule has 0 saturated heterocycles. The first-order valence-corrected chi connectivity index (χ1v) is 9.58. The molecule has 2 amide bonds. The fraction of sp³-hybridized carbons (Fsp3) is 0.0909. The zero-order valence-corrected chi connectivity index (χ0v) is 17.7. The minimum absolute atomic E-state index is 0.0922. The van der Waals surface area contributed by atoms with Crippen LogP contribution < -0.4 is 15.4 Å². The third-order valence-corrected chi connectivity index (χ3v) is 4.77. The molecule has 3 aromatic rings. The van der Waals surface area contributed by atoms with Crippen LogP contribution in [-0.2, 0) is 0 Å². The Kier molecular flexibility index (Phi) is 6.70. The number of halogens is 2. The van der Waals surface area contributed by atoms with Crippen LogP contribution >= 0.6 is 11.6 Å². The van der Waals surface area contributed by atoms with Crippen LogP contribution in [-0.4, -0.2) is 23.8 Å². The number of amides is 2.